The third kappa shape index (κ3) is 3.07. The molecule has 0 N–H and O–H groups in total. The molecule has 16 heavy (non-hydrogen) atoms. The Labute approximate surface area is 99.8 Å². The molecule has 0 aliphatic heterocycles. The fraction of sp³-hybridized carbons (Fsp3) is 0.929. The molecule has 0 radical (unpaired) electrons. The van der Waals surface area contributed by atoms with Gasteiger partial charge in [0.1, 0.15) is 5.60 Å². The van der Waals surface area contributed by atoms with Crippen LogP contribution in [0.1, 0.15) is 59.3 Å². The molecule has 0 aromatic carbocycles. The van der Waals surface area contributed by atoms with E-state index in [-0.39, 0.29) is 0 Å². The van der Waals surface area contributed by atoms with Gasteiger partial charge in [-0.2, -0.15) is 0 Å². The van der Waals surface area contributed by atoms with E-state index in [1.54, 1.807) is 7.11 Å². The van der Waals surface area contributed by atoms with E-state index in [2.05, 4.69) is 20.8 Å². The zero-order valence-corrected chi connectivity index (χ0v) is 11.2. The highest BCUT2D eigenvalue weighted by molar-refractivity contribution is 5.87. The van der Waals surface area contributed by atoms with Crippen LogP contribution in [0.4, 0.5) is 0 Å². The summed E-state index contributed by atoms with van der Waals surface area (Å²) < 4.78 is 5.61. The molecule has 2 heteroatoms. The van der Waals surface area contributed by atoms with Crippen LogP contribution in [0.3, 0.4) is 0 Å². The van der Waals surface area contributed by atoms with E-state index in [9.17, 15) is 4.79 Å². The molecule has 1 rings (SSSR count). The van der Waals surface area contributed by atoms with Crippen LogP contribution in [0.25, 0.3) is 0 Å². The molecule has 1 aliphatic rings. The van der Waals surface area contributed by atoms with Gasteiger partial charge in [0.15, 0.2) is 5.78 Å². The number of Topliss-reactive ketones (excluding diaryl/α,β-unsaturated/α-hetero) is 1. The number of hydrogen-bond donors (Lipinski definition) is 0. The van der Waals surface area contributed by atoms with E-state index in [4.69, 9.17) is 4.74 Å². The second kappa shape index (κ2) is 5.81. The molecule has 0 aromatic heterocycles. The van der Waals surface area contributed by atoms with Crippen LogP contribution in [-0.4, -0.2) is 18.5 Å². The number of carbonyl (C=O) groups is 1. The zero-order chi connectivity index (χ0) is 12.2. The average Bonchev–Trinajstić information content (AvgIpc) is 2.28. The molecule has 2 nitrogen and oxygen atoms in total. The monoisotopic (exact) mass is 226 g/mol. The van der Waals surface area contributed by atoms with Gasteiger partial charge in [-0.3, -0.25) is 4.79 Å². The number of ketones is 1. The van der Waals surface area contributed by atoms with Gasteiger partial charge in [0, 0.05) is 13.5 Å². The minimum atomic E-state index is -0.457. The van der Waals surface area contributed by atoms with Crippen LogP contribution in [0.2, 0.25) is 0 Å². The number of methoxy groups -OCH3 is 1. The highest BCUT2D eigenvalue weighted by Gasteiger charge is 2.41. The van der Waals surface area contributed by atoms with Crippen molar-refractivity contribution < 1.29 is 9.53 Å². The SMILES string of the molecule is CCC(C)CC(=O)C1(OC)CCCC(C)C1. The average molecular weight is 226 g/mol. The molecular formula is C14H26O2. The Kier molecular flexibility index (Phi) is 4.97. The lowest BCUT2D eigenvalue weighted by Crippen LogP contribution is -2.45. The van der Waals surface area contributed by atoms with Gasteiger partial charge in [0.25, 0.3) is 0 Å². The maximum absolute atomic E-state index is 12.3. The van der Waals surface area contributed by atoms with Gasteiger partial charge in [-0.05, 0) is 31.1 Å². The van der Waals surface area contributed by atoms with E-state index < -0.39 is 5.60 Å². The van der Waals surface area contributed by atoms with Crippen molar-refractivity contribution >= 4 is 5.78 Å². The summed E-state index contributed by atoms with van der Waals surface area (Å²) >= 11 is 0. The summed E-state index contributed by atoms with van der Waals surface area (Å²) in [6, 6.07) is 0. The second-order valence-corrected chi connectivity index (χ2v) is 5.54. The van der Waals surface area contributed by atoms with Gasteiger partial charge in [0.05, 0.1) is 0 Å². The van der Waals surface area contributed by atoms with Gasteiger partial charge in [-0.15, -0.1) is 0 Å². The summed E-state index contributed by atoms with van der Waals surface area (Å²) in [5.41, 5.74) is -0.457. The molecular weight excluding hydrogens is 200 g/mol. The highest BCUT2D eigenvalue weighted by atomic mass is 16.5. The molecule has 0 bridgehead atoms. The van der Waals surface area contributed by atoms with Crippen LogP contribution in [-0.2, 0) is 9.53 Å². The van der Waals surface area contributed by atoms with E-state index >= 15 is 0 Å². The molecule has 1 aliphatic carbocycles. The normalized spacial score (nSPS) is 32.4. The molecule has 1 saturated carbocycles. The molecule has 3 atom stereocenters. The molecule has 3 unspecified atom stereocenters. The summed E-state index contributed by atoms with van der Waals surface area (Å²) in [6.45, 7) is 6.51. The van der Waals surface area contributed by atoms with Crippen molar-refractivity contribution in [1.29, 1.82) is 0 Å². The van der Waals surface area contributed by atoms with Crippen molar-refractivity contribution in [2.24, 2.45) is 11.8 Å². The Morgan fingerprint density at radius 3 is 2.75 bits per heavy atom. The quantitative estimate of drug-likeness (QED) is 0.716. The number of hydrogen-bond acceptors (Lipinski definition) is 2. The number of ether oxygens (including phenoxy) is 1. The Balaban J connectivity index is 2.67. The van der Waals surface area contributed by atoms with E-state index in [0.29, 0.717) is 24.0 Å². The standard InChI is InChI=1S/C14H26O2/c1-5-11(2)9-13(15)14(16-4)8-6-7-12(3)10-14/h11-12H,5-10H2,1-4H3. The largest absolute Gasteiger partial charge is 0.370 e. The first-order chi connectivity index (χ1) is 7.54. The molecule has 0 spiro atoms. The van der Waals surface area contributed by atoms with E-state index in [1.807, 2.05) is 0 Å². The zero-order valence-electron chi connectivity index (χ0n) is 11.2. The van der Waals surface area contributed by atoms with Crippen molar-refractivity contribution in [2.45, 2.75) is 64.9 Å². The minimum Gasteiger partial charge on any atom is -0.370 e. The first kappa shape index (κ1) is 13.7. The van der Waals surface area contributed by atoms with Crippen molar-refractivity contribution in [2.75, 3.05) is 7.11 Å². The van der Waals surface area contributed by atoms with Crippen LogP contribution < -0.4 is 0 Å². The van der Waals surface area contributed by atoms with Crippen LogP contribution in [0, 0.1) is 11.8 Å². The highest BCUT2D eigenvalue weighted by Crippen LogP contribution is 2.36. The molecule has 94 valence electrons. The summed E-state index contributed by atoms with van der Waals surface area (Å²) in [4.78, 5) is 12.3. The smallest absolute Gasteiger partial charge is 0.164 e. The third-order valence-corrected chi connectivity index (χ3v) is 4.09. The maximum atomic E-state index is 12.3. The van der Waals surface area contributed by atoms with Gasteiger partial charge >= 0.3 is 0 Å². The van der Waals surface area contributed by atoms with Crippen molar-refractivity contribution in [3.8, 4) is 0 Å². The number of rotatable bonds is 5. The molecule has 0 saturated heterocycles. The van der Waals surface area contributed by atoms with E-state index in [1.165, 1.54) is 6.42 Å². The Morgan fingerprint density at radius 2 is 2.25 bits per heavy atom. The summed E-state index contributed by atoms with van der Waals surface area (Å²) in [5, 5.41) is 0. The Morgan fingerprint density at radius 1 is 1.56 bits per heavy atom. The summed E-state index contributed by atoms with van der Waals surface area (Å²) in [7, 11) is 1.70. The molecule has 0 amide bonds. The third-order valence-electron chi connectivity index (χ3n) is 4.09. The van der Waals surface area contributed by atoms with Crippen molar-refractivity contribution in [1.82, 2.24) is 0 Å². The maximum Gasteiger partial charge on any atom is 0.164 e. The number of carbonyl (C=O) groups excluding carboxylic acids is 1. The fourth-order valence-corrected chi connectivity index (χ4v) is 2.70. The summed E-state index contributed by atoms with van der Waals surface area (Å²) in [6.07, 6.45) is 5.95. The fourth-order valence-electron chi connectivity index (χ4n) is 2.70. The van der Waals surface area contributed by atoms with Crippen LogP contribution >= 0.6 is 0 Å². The van der Waals surface area contributed by atoms with Gasteiger partial charge in [-0.25, -0.2) is 0 Å². The Hall–Kier alpha value is -0.370. The lowest BCUT2D eigenvalue weighted by atomic mass is 9.74. The van der Waals surface area contributed by atoms with Crippen LogP contribution in [0.15, 0.2) is 0 Å². The molecule has 1 fully saturated rings. The lowest BCUT2D eigenvalue weighted by molar-refractivity contribution is -0.148. The van der Waals surface area contributed by atoms with Crippen LogP contribution in [0.5, 0.6) is 0 Å². The predicted octanol–water partition coefficient (Wildman–Crippen LogP) is 3.59. The first-order valence-corrected chi connectivity index (χ1v) is 6.62. The Bertz CT molecular complexity index is 237. The van der Waals surface area contributed by atoms with Gasteiger partial charge in [0.2, 0.25) is 0 Å². The lowest BCUT2D eigenvalue weighted by Gasteiger charge is -2.38. The minimum absolute atomic E-state index is 0.330. The summed E-state index contributed by atoms with van der Waals surface area (Å²) in [5.74, 6) is 1.43. The van der Waals surface area contributed by atoms with Crippen molar-refractivity contribution in [3.63, 3.8) is 0 Å². The molecule has 0 heterocycles. The first-order valence-electron chi connectivity index (χ1n) is 6.62. The molecule has 0 aromatic rings. The van der Waals surface area contributed by atoms with E-state index in [0.717, 1.165) is 25.7 Å². The van der Waals surface area contributed by atoms with Crippen molar-refractivity contribution in [3.05, 3.63) is 0 Å². The van der Waals surface area contributed by atoms with Gasteiger partial charge < -0.3 is 4.74 Å². The topological polar surface area (TPSA) is 26.3 Å². The second-order valence-electron chi connectivity index (χ2n) is 5.54. The predicted molar refractivity (Wildman–Crippen MR) is 66.5 cm³/mol. The van der Waals surface area contributed by atoms with Gasteiger partial charge in [-0.1, -0.05) is 33.6 Å².